The van der Waals surface area contributed by atoms with Crippen LogP contribution in [0.5, 0.6) is 0 Å². The van der Waals surface area contributed by atoms with Gasteiger partial charge in [-0.1, -0.05) is 11.8 Å². The van der Waals surface area contributed by atoms with Gasteiger partial charge in [-0.3, -0.25) is 0 Å². The van der Waals surface area contributed by atoms with Crippen molar-refractivity contribution in [2.24, 2.45) is 0 Å². The van der Waals surface area contributed by atoms with Crippen LogP contribution in [-0.2, 0) is 0 Å². The van der Waals surface area contributed by atoms with E-state index in [-0.39, 0.29) is 5.82 Å². The predicted molar refractivity (Wildman–Crippen MR) is 90.4 cm³/mol. The van der Waals surface area contributed by atoms with Crippen LogP contribution in [0.15, 0.2) is 58.7 Å². The van der Waals surface area contributed by atoms with Crippen molar-refractivity contribution in [2.75, 3.05) is 13.6 Å². The topological polar surface area (TPSA) is 44.0 Å². The van der Waals surface area contributed by atoms with Gasteiger partial charge in [0.25, 0.3) is 0 Å². The summed E-state index contributed by atoms with van der Waals surface area (Å²) in [5, 5.41) is 3.05. The van der Waals surface area contributed by atoms with E-state index in [1.165, 1.54) is 17.7 Å². The van der Waals surface area contributed by atoms with E-state index in [2.05, 4.69) is 27.7 Å². The van der Waals surface area contributed by atoms with Gasteiger partial charge in [-0.05, 0) is 35.9 Å². The van der Waals surface area contributed by atoms with Gasteiger partial charge in [0.15, 0.2) is 0 Å². The zero-order valence-electron chi connectivity index (χ0n) is 12.5. The van der Waals surface area contributed by atoms with Crippen LogP contribution in [0.1, 0.15) is 5.56 Å². The van der Waals surface area contributed by atoms with Crippen LogP contribution in [-0.4, -0.2) is 28.6 Å². The number of pyridine rings is 1. The number of aromatic nitrogens is 2. The number of nitrogens with zero attached hydrogens (tertiary/aromatic N) is 2. The SMILES string of the molecule is CN1C=C(c2c[nH]c3ncc(Sc4ccc(F)cc4)cc23)CN1. The summed E-state index contributed by atoms with van der Waals surface area (Å²) in [5.41, 5.74) is 6.51. The van der Waals surface area contributed by atoms with Crippen molar-refractivity contribution < 1.29 is 4.39 Å². The van der Waals surface area contributed by atoms with E-state index in [1.807, 2.05) is 24.5 Å². The Morgan fingerprint density at radius 2 is 2.04 bits per heavy atom. The predicted octanol–water partition coefficient (Wildman–Crippen LogP) is 3.64. The summed E-state index contributed by atoms with van der Waals surface area (Å²) in [6.45, 7) is 0.804. The fourth-order valence-corrected chi connectivity index (χ4v) is 3.47. The highest BCUT2D eigenvalue weighted by molar-refractivity contribution is 7.99. The Hall–Kier alpha value is -2.31. The molecule has 1 aliphatic rings. The summed E-state index contributed by atoms with van der Waals surface area (Å²) >= 11 is 1.58. The van der Waals surface area contributed by atoms with Crippen LogP contribution < -0.4 is 5.43 Å². The molecule has 6 heteroatoms. The second kappa shape index (κ2) is 5.72. The molecule has 2 aromatic heterocycles. The Balaban J connectivity index is 1.69. The van der Waals surface area contributed by atoms with Crippen LogP contribution in [0.3, 0.4) is 0 Å². The summed E-state index contributed by atoms with van der Waals surface area (Å²) in [5.74, 6) is -0.222. The van der Waals surface area contributed by atoms with Crippen LogP contribution in [0.25, 0.3) is 16.6 Å². The van der Waals surface area contributed by atoms with Gasteiger partial charge in [-0.2, -0.15) is 0 Å². The number of hydrogen-bond donors (Lipinski definition) is 2. The normalized spacial score (nSPS) is 14.5. The molecule has 1 aliphatic heterocycles. The lowest BCUT2D eigenvalue weighted by atomic mass is 10.1. The third-order valence-electron chi connectivity index (χ3n) is 3.77. The third kappa shape index (κ3) is 2.83. The molecule has 2 N–H and O–H groups in total. The standard InChI is InChI=1S/C17H15FN4S/c1-22-10-11(7-21-22)16-9-20-17-15(16)6-14(8-19-17)23-13-4-2-12(18)3-5-13/h2-6,8-10,21H,7H2,1H3,(H,19,20). The minimum atomic E-state index is -0.222. The number of hydrazine groups is 1. The number of rotatable bonds is 3. The van der Waals surface area contributed by atoms with Gasteiger partial charge in [-0.15, -0.1) is 0 Å². The highest BCUT2D eigenvalue weighted by Crippen LogP contribution is 2.32. The summed E-state index contributed by atoms with van der Waals surface area (Å²) in [7, 11) is 1.98. The van der Waals surface area contributed by atoms with E-state index in [0.29, 0.717) is 0 Å². The molecule has 0 atom stereocenters. The molecule has 0 spiro atoms. The molecule has 0 amide bonds. The minimum Gasteiger partial charge on any atom is -0.346 e. The molecule has 1 aromatic carbocycles. The zero-order chi connectivity index (χ0) is 15.8. The van der Waals surface area contributed by atoms with Crippen molar-refractivity contribution in [3.8, 4) is 0 Å². The summed E-state index contributed by atoms with van der Waals surface area (Å²) < 4.78 is 13.0. The first-order valence-electron chi connectivity index (χ1n) is 7.27. The molecule has 0 unspecified atom stereocenters. The number of hydrogen-bond acceptors (Lipinski definition) is 4. The fourth-order valence-electron chi connectivity index (χ4n) is 2.64. The van der Waals surface area contributed by atoms with Crippen molar-refractivity contribution >= 4 is 28.4 Å². The summed E-state index contributed by atoms with van der Waals surface area (Å²) in [4.78, 5) is 9.74. The first kappa shape index (κ1) is 14.3. The quantitative estimate of drug-likeness (QED) is 0.771. The lowest BCUT2D eigenvalue weighted by molar-refractivity contribution is 0.374. The maximum atomic E-state index is 13.0. The largest absolute Gasteiger partial charge is 0.346 e. The Morgan fingerprint density at radius 3 is 2.78 bits per heavy atom. The van der Waals surface area contributed by atoms with Gasteiger partial charge in [0.1, 0.15) is 11.5 Å². The first-order chi connectivity index (χ1) is 11.2. The fraction of sp³-hybridized carbons (Fsp3) is 0.118. The number of H-pyrrole nitrogens is 1. The second-order valence-corrected chi connectivity index (χ2v) is 6.57. The molecule has 0 aliphatic carbocycles. The Bertz CT molecular complexity index is 885. The van der Waals surface area contributed by atoms with Crippen LogP contribution in [0, 0.1) is 5.82 Å². The Labute approximate surface area is 137 Å². The molecule has 0 saturated heterocycles. The van der Waals surface area contributed by atoms with E-state index in [0.717, 1.165) is 32.9 Å². The molecular weight excluding hydrogens is 311 g/mol. The molecule has 0 saturated carbocycles. The van der Waals surface area contributed by atoms with Gasteiger partial charge < -0.3 is 9.99 Å². The van der Waals surface area contributed by atoms with Gasteiger partial charge >= 0.3 is 0 Å². The molecule has 4 rings (SSSR count). The lowest BCUT2D eigenvalue weighted by Crippen LogP contribution is -2.23. The molecule has 0 fully saturated rings. The van der Waals surface area contributed by atoms with E-state index in [1.54, 1.807) is 23.9 Å². The number of aromatic amines is 1. The van der Waals surface area contributed by atoms with E-state index >= 15 is 0 Å². The zero-order valence-corrected chi connectivity index (χ0v) is 13.3. The lowest BCUT2D eigenvalue weighted by Gasteiger charge is -2.04. The second-order valence-electron chi connectivity index (χ2n) is 5.43. The van der Waals surface area contributed by atoms with E-state index in [4.69, 9.17) is 0 Å². The molecule has 0 bridgehead atoms. The van der Waals surface area contributed by atoms with Crippen LogP contribution in [0.4, 0.5) is 4.39 Å². The average Bonchev–Trinajstić information content (AvgIpc) is 3.15. The average molecular weight is 326 g/mol. The maximum absolute atomic E-state index is 13.0. The maximum Gasteiger partial charge on any atom is 0.137 e. The summed E-state index contributed by atoms with van der Waals surface area (Å²) in [6.07, 6.45) is 5.92. The van der Waals surface area contributed by atoms with Crippen molar-refractivity contribution in [3.63, 3.8) is 0 Å². The summed E-state index contributed by atoms with van der Waals surface area (Å²) in [6, 6.07) is 8.63. The first-order valence-corrected chi connectivity index (χ1v) is 8.09. The van der Waals surface area contributed by atoms with E-state index < -0.39 is 0 Å². The molecule has 23 heavy (non-hydrogen) atoms. The third-order valence-corrected chi connectivity index (χ3v) is 4.74. The molecule has 116 valence electrons. The Kier molecular flexibility index (Phi) is 3.55. The number of fused-ring (bicyclic) bond motifs is 1. The highest BCUT2D eigenvalue weighted by atomic mass is 32.2. The van der Waals surface area contributed by atoms with Gasteiger partial charge in [0.05, 0.1) is 0 Å². The molecular formula is C17H15FN4S. The van der Waals surface area contributed by atoms with E-state index in [9.17, 15) is 4.39 Å². The smallest absolute Gasteiger partial charge is 0.137 e. The molecule has 3 heterocycles. The number of halogens is 1. The molecule has 3 aromatic rings. The van der Waals surface area contributed by atoms with Crippen LogP contribution in [0.2, 0.25) is 0 Å². The van der Waals surface area contributed by atoms with Crippen molar-refractivity contribution in [1.82, 2.24) is 20.4 Å². The van der Waals surface area contributed by atoms with Crippen LogP contribution >= 0.6 is 11.8 Å². The molecule has 4 nitrogen and oxygen atoms in total. The minimum absolute atomic E-state index is 0.222. The number of benzene rings is 1. The number of nitrogens with one attached hydrogen (secondary N) is 2. The van der Waals surface area contributed by atoms with Gasteiger partial charge in [0, 0.05) is 52.9 Å². The molecule has 0 radical (unpaired) electrons. The highest BCUT2D eigenvalue weighted by Gasteiger charge is 2.15. The van der Waals surface area contributed by atoms with Crippen molar-refractivity contribution in [3.05, 3.63) is 60.3 Å². The monoisotopic (exact) mass is 326 g/mol. The Morgan fingerprint density at radius 1 is 1.22 bits per heavy atom. The van der Waals surface area contributed by atoms with Crippen molar-refractivity contribution in [1.29, 1.82) is 0 Å². The van der Waals surface area contributed by atoms with Gasteiger partial charge in [0.2, 0.25) is 0 Å². The van der Waals surface area contributed by atoms with Gasteiger partial charge in [-0.25, -0.2) is 14.8 Å². The van der Waals surface area contributed by atoms with Crippen molar-refractivity contribution in [2.45, 2.75) is 9.79 Å².